The highest BCUT2D eigenvalue weighted by Gasteiger charge is 2.25. The number of aromatic nitrogens is 3. The first kappa shape index (κ1) is 18.7. The molecule has 146 valence electrons. The van der Waals surface area contributed by atoms with Gasteiger partial charge in [0.25, 0.3) is 5.56 Å². The second-order valence-corrected chi connectivity index (χ2v) is 7.09. The zero-order chi connectivity index (χ0) is 20.5. The zero-order valence-corrected chi connectivity index (χ0v) is 16.5. The fourth-order valence-corrected chi connectivity index (χ4v) is 3.38. The molecule has 4 rings (SSSR count). The van der Waals surface area contributed by atoms with Gasteiger partial charge in [-0.05, 0) is 31.0 Å². The number of carbonyl (C=O) groups is 1. The van der Waals surface area contributed by atoms with Crippen LogP contribution in [0.15, 0.2) is 65.7 Å². The van der Waals surface area contributed by atoms with Crippen molar-refractivity contribution < 1.29 is 9.53 Å². The molecule has 6 nitrogen and oxygen atoms in total. The molecule has 0 amide bonds. The molecular weight excluding hydrogens is 366 g/mol. The number of hydrogen-bond donors (Lipinski definition) is 0. The number of hydrogen-bond acceptors (Lipinski definition) is 4. The molecule has 0 N–H and O–H groups in total. The Morgan fingerprint density at radius 2 is 1.76 bits per heavy atom. The molecule has 0 atom stereocenters. The fourth-order valence-electron chi connectivity index (χ4n) is 3.38. The van der Waals surface area contributed by atoms with Crippen LogP contribution in [0.4, 0.5) is 0 Å². The van der Waals surface area contributed by atoms with Crippen molar-refractivity contribution in [2.24, 2.45) is 0 Å². The summed E-state index contributed by atoms with van der Waals surface area (Å²) in [5.41, 5.74) is 4.56. The number of esters is 1. The van der Waals surface area contributed by atoms with Crippen LogP contribution in [0.5, 0.6) is 0 Å². The summed E-state index contributed by atoms with van der Waals surface area (Å²) in [5.74, 6) is -0.525. The normalized spacial score (nSPS) is 11.0. The van der Waals surface area contributed by atoms with E-state index in [1.165, 1.54) is 17.4 Å². The second kappa shape index (κ2) is 7.39. The Hall–Kier alpha value is -3.67. The average Bonchev–Trinajstić information content (AvgIpc) is 3.05. The minimum absolute atomic E-state index is 0.265. The SMILES string of the molecule is COC(=O)c1cn(Cc2ccc(C)cc2)cc2c(=O)n(-c3ccccc3C)nc1-2. The van der Waals surface area contributed by atoms with Crippen molar-refractivity contribution in [1.82, 2.24) is 14.3 Å². The van der Waals surface area contributed by atoms with Crippen LogP contribution in [-0.2, 0) is 11.3 Å². The van der Waals surface area contributed by atoms with Crippen LogP contribution in [0.25, 0.3) is 16.9 Å². The summed E-state index contributed by atoms with van der Waals surface area (Å²) in [5, 5.41) is 4.46. The number of benzene rings is 2. The Bertz CT molecular complexity index is 1220. The lowest BCUT2D eigenvalue weighted by molar-refractivity contribution is 0.0600. The van der Waals surface area contributed by atoms with Crippen LogP contribution in [0, 0.1) is 13.8 Å². The number of rotatable bonds is 4. The van der Waals surface area contributed by atoms with E-state index in [0.717, 1.165) is 11.1 Å². The fraction of sp³-hybridized carbons (Fsp3) is 0.174. The molecule has 0 saturated carbocycles. The van der Waals surface area contributed by atoms with E-state index in [1.54, 1.807) is 12.4 Å². The molecule has 29 heavy (non-hydrogen) atoms. The third-order valence-electron chi connectivity index (χ3n) is 4.96. The Labute approximate surface area is 168 Å². The number of para-hydroxylation sites is 1. The topological polar surface area (TPSA) is 66.1 Å². The average molecular weight is 387 g/mol. The van der Waals surface area contributed by atoms with E-state index in [2.05, 4.69) is 5.10 Å². The van der Waals surface area contributed by atoms with E-state index >= 15 is 0 Å². The lowest BCUT2D eigenvalue weighted by Crippen LogP contribution is -2.16. The number of ether oxygens (including phenoxy) is 1. The van der Waals surface area contributed by atoms with Crippen molar-refractivity contribution in [3.8, 4) is 16.9 Å². The molecule has 0 saturated heterocycles. The smallest absolute Gasteiger partial charge is 0.341 e. The highest BCUT2D eigenvalue weighted by Crippen LogP contribution is 2.24. The minimum Gasteiger partial charge on any atom is -0.465 e. The summed E-state index contributed by atoms with van der Waals surface area (Å²) in [6.07, 6.45) is 3.42. The summed E-state index contributed by atoms with van der Waals surface area (Å²) >= 11 is 0. The van der Waals surface area contributed by atoms with Gasteiger partial charge in [0.1, 0.15) is 11.3 Å². The molecular formula is C23H21N3O3. The molecule has 0 aromatic heterocycles. The lowest BCUT2D eigenvalue weighted by Gasteiger charge is -2.12. The summed E-state index contributed by atoms with van der Waals surface area (Å²) in [6, 6.07) is 15.6. The van der Waals surface area contributed by atoms with Crippen molar-refractivity contribution in [2.45, 2.75) is 20.4 Å². The molecule has 2 heterocycles. The maximum atomic E-state index is 13.1. The van der Waals surface area contributed by atoms with Crippen molar-refractivity contribution in [2.75, 3.05) is 7.11 Å². The largest absolute Gasteiger partial charge is 0.465 e. The van der Waals surface area contributed by atoms with Gasteiger partial charge in [-0.25, -0.2) is 4.79 Å². The zero-order valence-electron chi connectivity index (χ0n) is 16.5. The third kappa shape index (κ3) is 3.45. The molecule has 0 unspecified atom stereocenters. The highest BCUT2D eigenvalue weighted by atomic mass is 16.5. The van der Waals surface area contributed by atoms with Gasteiger partial charge in [-0.1, -0.05) is 48.0 Å². The van der Waals surface area contributed by atoms with Crippen LogP contribution >= 0.6 is 0 Å². The quantitative estimate of drug-likeness (QED) is 0.502. The van der Waals surface area contributed by atoms with Crippen molar-refractivity contribution in [3.05, 3.63) is 93.5 Å². The Morgan fingerprint density at radius 1 is 1.03 bits per heavy atom. The number of fused-ring (bicyclic) bond motifs is 1. The van der Waals surface area contributed by atoms with Gasteiger partial charge >= 0.3 is 5.97 Å². The number of nitrogens with zero attached hydrogens (tertiary/aromatic N) is 3. The van der Waals surface area contributed by atoms with Crippen LogP contribution in [-0.4, -0.2) is 27.4 Å². The first-order valence-corrected chi connectivity index (χ1v) is 9.30. The van der Waals surface area contributed by atoms with Crippen LogP contribution in [0.1, 0.15) is 27.0 Å². The minimum atomic E-state index is -0.525. The van der Waals surface area contributed by atoms with Gasteiger partial charge in [0, 0.05) is 18.9 Å². The number of aryl methyl sites for hydroxylation is 2. The predicted octanol–water partition coefficient (Wildman–Crippen LogP) is 3.59. The first-order chi connectivity index (χ1) is 14.0. The van der Waals surface area contributed by atoms with E-state index < -0.39 is 5.97 Å². The van der Waals surface area contributed by atoms with Gasteiger partial charge in [-0.15, -0.1) is 0 Å². The standard InChI is InChI=1S/C23H21N3O3/c1-15-8-10-17(11-9-15)12-25-13-18-21(19(14-25)23(28)29-3)24-26(22(18)27)20-7-5-4-6-16(20)2/h4-11,13-14H,12H2,1-3H3. The first-order valence-electron chi connectivity index (χ1n) is 9.30. The summed E-state index contributed by atoms with van der Waals surface area (Å²) in [6.45, 7) is 4.47. The molecule has 2 aromatic carbocycles. The Kier molecular flexibility index (Phi) is 4.76. The molecule has 0 bridgehead atoms. The summed E-state index contributed by atoms with van der Waals surface area (Å²) in [7, 11) is 1.32. The second-order valence-electron chi connectivity index (χ2n) is 7.09. The number of methoxy groups -OCH3 is 1. The summed E-state index contributed by atoms with van der Waals surface area (Å²) < 4.78 is 8.11. The highest BCUT2D eigenvalue weighted by molar-refractivity contribution is 5.96. The predicted molar refractivity (Wildman–Crippen MR) is 111 cm³/mol. The Morgan fingerprint density at radius 3 is 2.45 bits per heavy atom. The van der Waals surface area contributed by atoms with Gasteiger partial charge in [0.15, 0.2) is 0 Å². The van der Waals surface area contributed by atoms with Gasteiger partial charge in [-0.3, -0.25) is 4.79 Å². The number of pyridine rings is 1. The van der Waals surface area contributed by atoms with Crippen molar-refractivity contribution in [3.63, 3.8) is 0 Å². The molecule has 2 aliphatic rings. The van der Waals surface area contributed by atoms with Gasteiger partial charge < -0.3 is 9.30 Å². The maximum Gasteiger partial charge on any atom is 0.341 e. The molecule has 2 aromatic rings. The molecule has 0 fully saturated rings. The van der Waals surface area contributed by atoms with E-state index in [1.807, 2.05) is 66.9 Å². The number of carbonyl (C=O) groups excluding carboxylic acids is 1. The lowest BCUT2D eigenvalue weighted by atomic mass is 10.1. The van der Waals surface area contributed by atoms with Gasteiger partial charge in [0.05, 0.1) is 18.4 Å². The van der Waals surface area contributed by atoms with E-state index in [9.17, 15) is 9.59 Å². The third-order valence-corrected chi connectivity index (χ3v) is 4.96. The maximum absolute atomic E-state index is 13.1. The van der Waals surface area contributed by atoms with E-state index in [4.69, 9.17) is 4.74 Å². The Balaban J connectivity index is 1.89. The molecule has 0 radical (unpaired) electrons. The van der Waals surface area contributed by atoms with Gasteiger partial charge in [0.2, 0.25) is 0 Å². The van der Waals surface area contributed by atoms with Crippen molar-refractivity contribution >= 4 is 5.97 Å². The monoisotopic (exact) mass is 387 g/mol. The van der Waals surface area contributed by atoms with Crippen molar-refractivity contribution in [1.29, 1.82) is 0 Å². The molecule has 0 aliphatic carbocycles. The molecule has 6 heteroatoms. The summed E-state index contributed by atoms with van der Waals surface area (Å²) in [4.78, 5) is 25.5. The van der Waals surface area contributed by atoms with Crippen LogP contribution < -0.4 is 5.56 Å². The molecule has 0 spiro atoms. The van der Waals surface area contributed by atoms with Crippen LogP contribution in [0.2, 0.25) is 0 Å². The van der Waals surface area contributed by atoms with Crippen LogP contribution in [0.3, 0.4) is 0 Å². The van der Waals surface area contributed by atoms with E-state index in [0.29, 0.717) is 23.5 Å². The van der Waals surface area contributed by atoms with Gasteiger partial charge in [-0.2, -0.15) is 9.78 Å². The molecule has 2 aliphatic heterocycles. The van der Waals surface area contributed by atoms with E-state index in [-0.39, 0.29) is 11.1 Å².